The number of carbonyl (C=O) groups is 2. The molecular weight excluding hydrogens is 428 g/mol. The predicted octanol–water partition coefficient (Wildman–Crippen LogP) is 4.28. The third-order valence-corrected chi connectivity index (χ3v) is 6.51. The Hall–Kier alpha value is -3.48. The molecule has 0 radical (unpaired) electrons. The zero-order chi connectivity index (χ0) is 24.1. The molecule has 2 N–H and O–H groups in total. The van der Waals surface area contributed by atoms with Crippen LogP contribution in [0.2, 0.25) is 0 Å². The van der Waals surface area contributed by atoms with Gasteiger partial charge in [-0.3, -0.25) is 9.69 Å². The van der Waals surface area contributed by atoms with Gasteiger partial charge in [-0.1, -0.05) is 72.3 Å². The Kier molecular flexibility index (Phi) is 7.10. The van der Waals surface area contributed by atoms with Crippen molar-refractivity contribution >= 4 is 17.5 Å². The lowest BCUT2D eigenvalue weighted by Crippen LogP contribution is -2.50. The summed E-state index contributed by atoms with van der Waals surface area (Å²) < 4.78 is 0. The first-order valence-corrected chi connectivity index (χ1v) is 11.5. The number of aliphatic hydroxyl groups excluding tert-OH is 1. The van der Waals surface area contributed by atoms with Gasteiger partial charge in [0.15, 0.2) is 5.78 Å². The van der Waals surface area contributed by atoms with E-state index in [0.717, 1.165) is 22.4 Å². The normalized spacial score (nSPS) is 15.1. The number of hydrogen-bond donors (Lipinski definition) is 2. The van der Waals surface area contributed by atoms with Crippen molar-refractivity contribution in [2.45, 2.75) is 31.9 Å². The number of carbonyl (C=O) groups excluding carboxylic acids is 2. The Morgan fingerprint density at radius 3 is 2.12 bits per heavy atom. The van der Waals surface area contributed by atoms with Crippen molar-refractivity contribution < 1.29 is 19.8 Å². The summed E-state index contributed by atoms with van der Waals surface area (Å²) in [6.07, 6.45) is 0.949. The highest BCUT2D eigenvalue weighted by Gasteiger charge is 2.36. The van der Waals surface area contributed by atoms with Crippen LogP contribution < -0.4 is 4.90 Å². The molecule has 0 spiro atoms. The summed E-state index contributed by atoms with van der Waals surface area (Å²) in [5.41, 5.74) is 3.16. The Morgan fingerprint density at radius 1 is 0.912 bits per heavy atom. The van der Waals surface area contributed by atoms with E-state index >= 15 is 0 Å². The highest BCUT2D eigenvalue weighted by atomic mass is 16.3. The zero-order valence-corrected chi connectivity index (χ0v) is 19.4. The molecule has 2 amide bonds. The SMILES string of the molecule is Cc1ccc(N(Cc2ccc(C(=O)CO)cc2)C(=O)N2CCC(O)(c3ccccc3)CC2)cc1. The second-order valence-corrected chi connectivity index (χ2v) is 8.87. The van der Waals surface area contributed by atoms with Crippen LogP contribution in [0.1, 0.15) is 39.9 Å². The fourth-order valence-electron chi connectivity index (χ4n) is 4.34. The Morgan fingerprint density at radius 2 is 1.53 bits per heavy atom. The number of hydrogen-bond acceptors (Lipinski definition) is 4. The standard InChI is InChI=1S/C28H30N2O4/c1-21-7-13-25(14-8-21)30(19-22-9-11-23(12-10-22)26(32)20-31)27(33)29-17-15-28(34,16-18-29)24-5-3-2-4-6-24/h2-14,31,34H,15-20H2,1H3. The van der Waals surface area contributed by atoms with Gasteiger partial charge in [0.05, 0.1) is 12.1 Å². The quantitative estimate of drug-likeness (QED) is 0.541. The maximum absolute atomic E-state index is 13.6. The van der Waals surface area contributed by atoms with Gasteiger partial charge in [0.25, 0.3) is 0 Å². The van der Waals surface area contributed by atoms with Crippen LogP contribution in [0.4, 0.5) is 10.5 Å². The number of aryl methyl sites for hydroxylation is 1. The molecule has 0 aliphatic carbocycles. The summed E-state index contributed by atoms with van der Waals surface area (Å²) in [5, 5.41) is 20.2. The molecule has 176 valence electrons. The molecule has 1 aliphatic heterocycles. The average molecular weight is 459 g/mol. The van der Waals surface area contributed by atoms with E-state index < -0.39 is 12.2 Å². The lowest BCUT2D eigenvalue weighted by Gasteiger charge is -2.40. The smallest absolute Gasteiger partial charge is 0.324 e. The largest absolute Gasteiger partial charge is 0.388 e. The molecule has 3 aromatic rings. The summed E-state index contributed by atoms with van der Waals surface area (Å²) in [5.74, 6) is -0.336. The van der Waals surface area contributed by atoms with Gasteiger partial charge in [0.2, 0.25) is 0 Å². The number of ketones is 1. The monoisotopic (exact) mass is 458 g/mol. The number of nitrogens with zero attached hydrogens (tertiary/aromatic N) is 2. The fourth-order valence-corrected chi connectivity index (χ4v) is 4.34. The van der Waals surface area contributed by atoms with E-state index in [-0.39, 0.29) is 11.8 Å². The van der Waals surface area contributed by atoms with Gasteiger partial charge >= 0.3 is 6.03 Å². The van der Waals surface area contributed by atoms with Gasteiger partial charge in [-0.15, -0.1) is 0 Å². The summed E-state index contributed by atoms with van der Waals surface area (Å²) in [4.78, 5) is 28.9. The lowest BCUT2D eigenvalue weighted by atomic mass is 9.84. The van der Waals surface area contributed by atoms with E-state index in [4.69, 9.17) is 5.11 Å². The molecule has 0 unspecified atom stereocenters. The van der Waals surface area contributed by atoms with Crippen molar-refractivity contribution in [1.82, 2.24) is 4.90 Å². The van der Waals surface area contributed by atoms with Gasteiger partial charge in [-0.25, -0.2) is 4.79 Å². The van der Waals surface area contributed by atoms with E-state index in [2.05, 4.69) is 0 Å². The minimum atomic E-state index is -0.929. The number of rotatable bonds is 6. The minimum absolute atomic E-state index is 0.116. The predicted molar refractivity (Wildman–Crippen MR) is 132 cm³/mol. The molecule has 6 heteroatoms. The summed E-state index contributed by atoms with van der Waals surface area (Å²) >= 11 is 0. The van der Waals surface area contributed by atoms with Crippen LogP contribution in [0.3, 0.4) is 0 Å². The van der Waals surface area contributed by atoms with Gasteiger partial charge < -0.3 is 15.1 Å². The van der Waals surface area contributed by atoms with Crippen LogP contribution in [0, 0.1) is 6.92 Å². The van der Waals surface area contributed by atoms with Crippen molar-refractivity contribution in [3.05, 3.63) is 101 Å². The first kappa shape index (κ1) is 23.7. The highest BCUT2D eigenvalue weighted by Crippen LogP contribution is 2.33. The first-order chi connectivity index (χ1) is 16.4. The molecular formula is C28H30N2O4. The van der Waals surface area contributed by atoms with E-state index in [9.17, 15) is 14.7 Å². The van der Waals surface area contributed by atoms with E-state index in [1.807, 2.05) is 73.7 Å². The number of benzene rings is 3. The van der Waals surface area contributed by atoms with Crippen molar-refractivity contribution in [3.8, 4) is 0 Å². The van der Waals surface area contributed by atoms with Gasteiger partial charge in [-0.05, 0) is 43.0 Å². The Balaban J connectivity index is 1.53. The Bertz CT molecular complexity index is 1120. The second-order valence-electron chi connectivity index (χ2n) is 8.87. The number of urea groups is 1. The van der Waals surface area contributed by atoms with Crippen LogP contribution in [0.5, 0.6) is 0 Å². The molecule has 0 aromatic heterocycles. The molecule has 6 nitrogen and oxygen atoms in total. The highest BCUT2D eigenvalue weighted by molar-refractivity contribution is 5.97. The molecule has 1 aliphatic rings. The van der Waals surface area contributed by atoms with Crippen molar-refractivity contribution in [1.29, 1.82) is 0 Å². The second kappa shape index (κ2) is 10.2. The maximum Gasteiger partial charge on any atom is 0.324 e. The maximum atomic E-state index is 13.6. The summed E-state index contributed by atoms with van der Waals surface area (Å²) in [6.45, 7) is 2.72. The number of piperidine rings is 1. The lowest BCUT2D eigenvalue weighted by molar-refractivity contribution is -0.0162. The van der Waals surface area contributed by atoms with Crippen LogP contribution in [-0.2, 0) is 12.1 Å². The van der Waals surface area contributed by atoms with Crippen molar-refractivity contribution in [2.24, 2.45) is 0 Å². The zero-order valence-electron chi connectivity index (χ0n) is 19.4. The number of likely N-dealkylation sites (tertiary alicyclic amines) is 1. The summed E-state index contributed by atoms with van der Waals surface area (Å²) in [6, 6.07) is 24.3. The molecule has 0 bridgehead atoms. The Labute approximate surface area is 200 Å². The molecule has 34 heavy (non-hydrogen) atoms. The number of anilines is 1. The van der Waals surface area contributed by atoms with Crippen LogP contribution >= 0.6 is 0 Å². The van der Waals surface area contributed by atoms with Gasteiger partial charge in [0.1, 0.15) is 6.61 Å². The fraction of sp³-hybridized carbons (Fsp3) is 0.286. The van der Waals surface area contributed by atoms with Crippen molar-refractivity contribution in [3.63, 3.8) is 0 Å². The molecule has 1 heterocycles. The van der Waals surface area contributed by atoms with Crippen molar-refractivity contribution in [2.75, 3.05) is 24.6 Å². The third-order valence-electron chi connectivity index (χ3n) is 6.51. The molecule has 0 atom stereocenters. The van der Waals surface area contributed by atoms with E-state index in [1.165, 1.54) is 0 Å². The van der Waals surface area contributed by atoms with E-state index in [0.29, 0.717) is 38.0 Å². The van der Waals surface area contributed by atoms with Crippen LogP contribution in [0.25, 0.3) is 0 Å². The topological polar surface area (TPSA) is 81.1 Å². The summed E-state index contributed by atoms with van der Waals surface area (Å²) in [7, 11) is 0. The van der Waals surface area contributed by atoms with Crippen LogP contribution in [-0.4, -0.2) is 46.6 Å². The van der Waals surface area contributed by atoms with Crippen LogP contribution in [0.15, 0.2) is 78.9 Å². The molecule has 0 saturated carbocycles. The van der Waals surface area contributed by atoms with E-state index in [1.54, 1.807) is 21.9 Å². The minimum Gasteiger partial charge on any atom is -0.388 e. The molecule has 4 rings (SSSR count). The van der Waals surface area contributed by atoms with Gasteiger partial charge in [0, 0.05) is 24.3 Å². The average Bonchev–Trinajstić information content (AvgIpc) is 2.88. The molecule has 3 aromatic carbocycles. The van der Waals surface area contributed by atoms with Gasteiger partial charge in [-0.2, -0.15) is 0 Å². The molecule has 1 fully saturated rings. The molecule has 1 saturated heterocycles. The number of Topliss-reactive ketones (excluding diaryl/α,β-unsaturated/α-hetero) is 1. The third kappa shape index (κ3) is 5.19. The first-order valence-electron chi connectivity index (χ1n) is 11.5. The number of aliphatic hydroxyl groups is 2. The number of amides is 2.